The molecule has 2 aromatic heterocycles. The predicted octanol–water partition coefficient (Wildman–Crippen LogP) is 2.26. The molecule has 25 heavy (non-hydrogen) atoms. The van der Waals surface area contributed by atoms with Crippen LogP contribution in [-0.4, -0.2) is 64.1 Å². The van der Waals surface area contributed by atoms with Gasteiger partial charge in [-0.3, -0.25) is 9.78 Å². The molecule has 7 nitrogen and oxygen atoms in total. The van der Waals surface area contributed by atoms with Crippen LogP contribution in [0.2, 0.25) is 0 Å². The fourth-order valence-electron chi connectivity index (χ4n) is 3.28. The van der Waals surface area contributed by atoms with Crippen LogP contribution in [0.3, 0.4) is 0 Å². The summed E-state index contributed by atoms with van der Waals surface area (Å²) < 4.78 is 5.00. The molecule has 0 N–H and O–H groups in total. The summed E-state index contributed by atoms with van der Waals surface area (Å²) in [5.41, 5.74) is 1.45. The van der Waals surface area contributed by atoms with Gasteiger partial charge < -0.3 is 14.5 Å². The number of carbonyl (C=O) groups excluding carboxylic acids is 2. The first-order valence-corrected chi connectivity index (χ1v) is 9.19. The molecule has 0 aliphatic carbocycles. The molecule has 4 heterocycles. The monoisotopic (exact) mass is 358 g/mol. The highest BCUT2D eigenvalue weighted by molar-refractivity contribution is 7.13. The van der Waals surface area contributed by atoms with Crippen LogP contribution >= 0.6 is 11.3 Å². The summed E-state index contributed by atoms with van der Waals surface area (Å²) in [6, 6.07) is 3.93. The second kappa shape index (κ2) is 6.79. The van der Waals surface area contributed by atoms with E-state index < -0.39 is 0 Å². The number of hydrogen-bond acceptors (Lipinski definition) is 6. The van der Waals surface area contributed by atoms with Gasteiger partial charge in [0.05, 0.1) is 6.54 Å². The van der Waals surface area contributed by atoms with Gasteiger partial charge >= 0.3 is 6.09 Å². The van der Waals surface area contributed by atoms with E-state index in [4.69, 9.17) is 4.74 Å². The number of thiazole rings is 1. The number of pyridine rings is 1. The predicted molar refractivity (Wildman–Crippen MR) is 92.3 cm³/mol. The van der Waals surface area contributed by atoms with E-state index in [1.807, 2.05) is 22.4 Å². The maximum atomic E-state index is 12.7. The molecule has 2 amide bonds. The zero-order valence-corrected chi connectivity index (χ0v) is 14.4. The van der Waals surface area contributed by atoms with Gasteiger partial charge in [-0.15, -0.1) is 11.3 Å². The number of piperidine rings is 1. The molecule has 4 rings (SSSR count). The number of aromatic nitrogens is 2. The van der Waals surface area contributed by atoms with Crippen molar-refractivity contribution in [1.29, 1.82) is 0 Å². The van der Waals surface area contributed by atoms with Crippen LogP contribution in [-0.2, 0) is 4.74 Å². The van der Waals surface area contributed by atoms with Crippen LogP contribution in [0, 0.1) is 0 Å². The van der Waals surface area contributed by atoms with Crippen LogP contribution < -0.4 is 0 Å². The van der Waals surface area contributed by atoms with E-state index in [1.165, 1.54) is 11.3 Å². The molecule has 2 saturated heterocycles. The van der Waals surface area contributed by atoms with Crippen molar-refractivity contribution in [2.75, 3.05) is 26.2 Å². The molecule has 2 aromatic rings. The summed E-state index contributed by atoms with van der Waals surface area (Å²) in [6.07, 6.45) is 4.76. The van der Waals surface area contributed by atoms with Crippen molar-refractivity contribution in [3.8, 4) is 10.6 Å². The van der Waals surface area contributed by atoms with Gasteiger partial charge in [-0.2, -0.15) is 0 Å². The fourth-order valence-corrected chi connectivity index (χ4v) is 4.08. The average Bonchev–Trinajstić information content (AvgIpc) is 3.31. The SMILES string of the molecule is O=C(c1csc(-c2ccncc2)n1)N1CCC(N2CCOC2=O)CC1. The van der Waals surface area contributed by atoms with Gasteiger partial charge in [0, 0.05) is 42.5 Å². The summed E-state index contributed by atoms with van der Waals surface area (Å²) in [4.78, 5) is 36.4. The summed E-state index contributed by atoms with van der Waals surface area (Å²) in [7, 11) is 0. The van der Waals surface area contributed by atoms with Crippen molar-refractivity contribution in [1.82, 2.24) is 19.8 Å². The first-order chi connectivity index (χ1) is 12.2. The third-order valence-electron chi connectivity index (χ3n) is 4.64. The Bertz CT molecular complexity index is 771. The standard InChI is InChI=1S/C17H18N4O3S/c22-16(14-11-25-15(19-14)12-1-5-18-6-2-12)20-7-3-13(4-8-20)21-9-10-24-17(21)23/h1-2,5-6,11,13H,3-4,7-10H2. The lowest BCUT2D eigenvalue weighted by Gasteiger charge is -2.35. The number of nitrogens with zero attached hydrogens (tertiary/aromatic N) is 4. The number of ether oxygens (including phenoxy) is 1. The molecule has 0 unspecified atom stereocenters. The number of hydrogen-bond donors (Lipinski definition) is 0. The molecule has 0 aromatic carbocycles. The second-order valence-electron chi connectivity index (χ2n) is 6.10. The Morgan fingerprint density at radius 1 is 1.20 bits per heavy atom. The second-order valence-corrected chi connectivity index (χ2v) is 6.96. The van der Waals surface area contributed by atoms with E-state index in [0.29, 0.717) is 31.9 Å². The van der Waals surface area contributed by atoms with Crippen LogP contribution in [0.5, 0.6) is 0 Å². The number of carbonyl (C=O) groups is 2. The molecule has 0 bridgehead atoms. The number of amides is 2. The normalized spacial score (nSPS) is 18.5. The molecule has 0 saturated carbocycles. The molecule has 2 fully saturated rings. The maximum Gasteiger partial charge on any atom is 0.410 e. The van der Waals surface area contributed by atoms with Crippen molar-refractivity contribution in [2.24, 2.45) is 0 Å². The smallest absolute Gasteiger partial charge is 0.410 e. The van der Waals surface area contributed by atoms with Gasteiger partial charge in [0.15, 0.2) is 0 Å². The molecule has 2 aliphatic heterocycles. The van der Waals surface area contributed by atoms with Crippen LogP contribution in [0.25, 0.3) is 10.6 Å². The molecule has 2 aliphatic rings. The third-order valence-corrected chi connectivity index (χ3v) is 5.53. The Balaban J connectivity index is 1.39. The Kier molecular flexibility index (Phi) is 4.35. The first kappa shape index (κ1) is 16.0. The molecular weight excluding hydrogens is 340 g/mol. The summed E-state index contributed by atoms with van der Waals surface area (Å²) in [5, 5.41) is 2.63. The molecule has 8 heteroatoms. The Hall–Kier alpha value is -2.48. The molecular formula is C17H18N4O3S. The lowest BCUT2D eigenvalue weighted by molar-refractivity contribution is 0.0653. The Morgan fingerprint density at radius 3 is 2.64 bits per heavy atom. The summed E-state index contributed by atoms with van der Waals surface area (Å²) in [6.45, 7) is 2.39. The highest BCUT2D eigenvalue weighted by Crippen LogP contribution is 2.25. The quantitative estimate of drug-likeness (QED) is 0.841. The number of likely N-dealkylation sites (tertiary alicyclic amines) is 1. The van der Waals surface area contributed by atoms with Crippen LogP contribution in [0.1, 0.15) is 23.3 Å². The fraction of sp³-hybridized carbons (Fsp3) is 0.412. The van der Waals surface area contributed by atoms with Crippen molar-refractivity contribution >= 4 is 23.3 Å². The molecule has 0 spiro atoms. The van der Waals surface area contributed by atoms with E-state index in [9.17, 15) is 9.59 Å². The lowest BCUT2D eigenvalue weighted by Crippen LogP contribution is -2.47. The third kappa shape index (κ3) is 3.21. The highest BCUT2D eigenvalue weighted by atomic mass is 32.1. The number of cyclic esters (lactones) is 1. The van der Waals surface area contributed by atoms with Gasteiger partial charge in [0.1, 0.15) is 17.3 Å². The van der Waals surface area contributed by atoms with E-state index in [-0.39, 0.29) is 18.0 Å². The van der Waals surface area contributed by atoms with E-state index in [0.717, 1.165) is 23.4 Å². The lowest BCUT2D eigenvalue weighted by atomic mass is 10.0. The van der Waals surface area contributed by atoms with Gasteiger partial charge in [0.2, 0.25) is 0 Å². The van der Waals surface area contributed by atoms with Crippen LogP contribution in [0.4, 0.5) is 4.79 Å². The van der Waals surface area contributed by atoms with Gasteiger partial charge in [-0.1, -0.05) is 0 Å². The number of rotatable bonds is 3. The Morgan fingerprint density at radius 2 is 1.96 bits per heavy atom. The van der Waals surface area contributed by atoms with Crippen molar-refractivity contribution in [2.45, 2.75) is 18.9 Å². The largest absolute Gasteiger partial charge is 0.448 e. The highest BCUT2D eigenvalue weighted by Gasteiger charge is 2.33. The summed E-state index contributed by atoms with van der Waals surface area (Å²) >= 11 is 1.46. The van der Waals surface area contributed by atoms with E-state index >= 15 is 0 Å². The van der Waals surface area contributed by atoms with Crippen LogP contribution in [0.15, 0.2) is 29.9 Å². The zero-order chi connectivity index (χ0) is 17.2. The first-order valence-electron chi connectivity index (χ1n) is 8.31. The maximum absolute atomic E-state index is 12.7. The van der Waals surface area contributed by atoms with Crippen molar-refractivity contribution in [3.63, 3.8) is 0 Å². The minimum absolute atomic E-state index is 0.0426. The average molecular weight is 358 g/mol. The summed E-state index contributed by atoms with van der Waals surface area (Å²) in [5.74, 6) is -0.0426. The van der Waals surface area contributed by atoms with E-state index in [2.05, 4.69) is 9.97 Å². The van der Waals surface area contributed by atoms with Crippen molar-refractivity contribution in [3.05, 3.63) is 35.6 Å². The van der Waals surface area contributed by atoms with E-state index in [1.54, 1.807) is 17.3 Å². The zero-order valence-electron chi connectivity index (χ0n) is 13.6. The molecule has 0 atom stereocenters. The van der Waals surface area contributed by atoms with Gasteiger partial charge in [-0.05, 0) is 25.0 Å². The minimum atomic E-state index is -0.230. The molecule has 130 valence electrons. The van der Waals surface area contributed by atoms with Crippen molar-refractivity contribution < 1.29 is 14.3 Å². The topological polar surface area (TPSA) is 75.6 Å². The Labute approximate surface area is 149 Å². The minimum Gasteiger partial charge on any atom is -0.448 e. The van der Waals surface area contributed by atoms with Gasteiger partial charge in [0.25, 0.3) is 5.91 Å². The molecule has 0 radical (unpaired) electrons. The van der Waals surface area contributed by atoms with Gasteiger partial charge in [-0.25, -0.2) is 9.78 Å².